The predicted octanol–water partition coefficient (Wildman–Crippen LogP) is 1.93. The molecule has 0 bridgehead atoms. The van der Waals surface area contributed by atoms with E-state index in [4.69, 9.17) is 0 Å². The lowest BCUT2D eigenvalue weighted by Crippen LogP contribution is -2.40. The van der Waals surface area contributed by atoms with Gasteiger partial charge in [-0.1, -0.05) is 30.3 Å². The van der Waals surface area contributed by atoms with Gasteiger partial charge < -0.3 is 5.32 Å². The average molecular weight is 383 g/mol. The van der Waals surface area contributed by atoms with Crippen LogP contribution in [0.4, 0.5) is 4.79 Å². The Morgan fingerprint density at radius 3 is 2.33 bits per heavy atom. The van der Waals surface area contributed by atoms with Crippen molar-refractivity contribution in [1.29, 1.82) is 5.26 Å². The van der Waals surface area contributed by atoms with Crippen LogP contribution < -0.4 is 5.32 Å². The number of benzene rings is 2. The molecule has 2 aromatic carbocycles. The van der Waals surface area contributed by atoms with Crippen molar-refractivity contribution in [2.75, 3.05) is 6.26 Å². The molecule has 1 unspecified atom stereocenters. The van der Waals surface area contributed by atoms with E-state index in [9.17, 15) is 23.3 Å². The molecule has 1 fully saturated rings. The van der Waals surface area contributed by atoms with E-state index in [2.05, 4.69) is 5.32 Å². The third kappa shape index (κ3) is 3.29. The van der Waals surface area contributed by atoms with Crippen LogP contribution in [-0.2, 0) is 26.7 Å². The summed E-state index contributed by atoms with van der Waals surface area (Å²) in [7, 11) is -3.36. The maximum Gasteiger partial charge on any atom is 0.325 e. The Morgan fingerprint density at radius 1 is 1.11 bits per heavy atom. The summed E-state index contributed by atoms with van der Waals surface area (Å²) < 4.78 is 23.2. The number of nitrogens with one attached hydrogen (secondary N) is 1. The quantitative estimate of drug-likeness (QED) is 0.812. The van der Waals surface area contributed by atoms with Gasteiger partial charge in [0, 0.05) is 6.26 Å². The zero-order chi connectivity index (χ0) is 19.8. The molecular formula is C19H17N3O4S. The first-order valence-corrected chi connectivity index (χ1v) is 9.98. The van der Waals surface area contributed by atoms with Gasteiger partial charge in [0.05, 0.1) is 23.1 Å². The highest BCUT2D eigenvalue weighted by atomic mass is 32.2. The van der Waals surface area contributed by atoms with Gasteiger partial charge in [0.25, 0.3) is 5.91 Å². The first-order valence-electron chi connectivity index (χ1n) is 8.09. The third-order valence-electron chi connectivity index (χ3n) is 4.60. The highest BCUT2D eigenvalue weighted by Gasteiger charge is 2.49. The van der Waals surface area contributed by atoms with E-state index < -0.39 is 27.3 Å². The second-order valence-corrected chi connectivity index (χ2v) is 8.53. The van der Waals surface area contributed by atoms with Crippen molar-refractivity contribution in [3.05, 3.63) is 65.2 Å². The number of amides is 3. The Bertz CT molecular complexity index is 1070. The number of hydrogen-bond donors (Lipinski definition) is 1. The highest BCUT2D eigenvalue weighted by Crippen LogP contribution is 2.30. The lowest BCUT2D eigenvalue weighted by Gasteiger charge is -2.22. The monoisotopic (exact) mass is 383 g/mol. The van der Waals surface area contributed by atoms with Gasteiger partial charge in [-0.2, -0.15) is 5.26 Å². The summed E-state index contributed by atoms with van der Waals surface area (Å²) in [5.41, 5.74) is 0.128. The number of nitriles is 1. The minimum Gasteiger partial charge on any atom is -0.319 e. The van der Waals surface area contributed by atoms with Crippen LogP contribution in [0.3, 0.4) is 0 Å². The van der Waals surface area contributed by atoms with Crippen molar-refractivity contribution in [2.24, 2.45) is 0 Å². The minimum atomic E-state index is -3.36. The molecule has 3 rings (SSSR count). The molecule has 2 aromatic rings. The molecular weight excluding hydrogens is 366 g/mol. The maximum absolute atomic E-state index is 13.0. The zero-order valence-electron chi connectivity index (χ0n) is 14.8. The Kier molecular flexibility index (Phi) is 4.49. The third-order valence-corrected chi connectivity index (χ3v) is 5.73. The van der Waals surface area contributed by atoms with Gasteiger partial charge in [0.2, 0.25) is 0 Å². The Hall–Kier alpha value is -3.18. The first-order chi connectivity index (χ1) is 12.7. The molecule has 3 amide bonds. The number of hydrogen-bond acceptors (Lipinski definition) is 5. The normalized spacial score (nSPS) is 19.7. The topological polar surface area (TPSA) is 107 Å². The molecule has 1 aliphatic rings. The molecule has 0 aromatic heterocycles. The summed E-state index contributed by atoms with van der Waals surface area (Å²) in [5.74, 6) is -0.465. The maximum atomic E-state index is 13.0. The standard InChI is InChI=1S/C19H17N3O4S/c1-19(15-7-9-16(10-8-15)27(2,25)26)17(23)22(18(24)21-19)12-14-6-4-3-5-13(14)11-20/h3-10H,12H2,1-2H3,(H,21,24). The van der Waals surface area contributed by atoms with Gasteiger partial charge in [-0.3, -0.25) is 9.69 Å². The van der Waals surface area contributed by atoms with Crippen molar-refractivity contribution < 1.29 is 18.0 Å². The summed E-state index contributed by atoms with van der Waals surface area (Å²) in [6.45, 7) is 1.55. The van der Waals surface area contributed by atoms with Crippen molar-refractivity contribution in [3.63, 3.8) is 0 Å². The zero-order valence-corrected chi connectivity index (χ0v) is 15.6. The van der Waals surface area contributed by atoms with E-state index in [0.29, 0.717) is 16.7 Å². The summed E-state index contributed by atoms with van der Waals surface area (Å²) in [6.07, 6.45) is 1.10. The van der Waals surface area contributed by atoms with Crippen LogP contribution in [-0.4, -0.2) is 31.5 Å². The van der Waals surface area contributed by atoms with E-state index in [1.165, 1.54) is 24.3 Å². The van der Waals surface area contributed by atoms with Crippen LogP contribution in [0.2, 0.25) is 0 Å². The Labute approximate surface area is 157 Å². The Morgan fingerprint density at radius 2 is 1.74 bits per heavy atom. The molecule has 138 valence electrons. The smallest absolute Gasteiger partial charge is 0.319 e. The van der Waals surface area contributed by atoms with Crippen molar-refractivity contribution in [2.45, 2.75) is 23.9 Å². The molecule has 0 radical (unpaired) electrons. The highest BCUT2D eigenvalue weighted by molar-refractivity contribution is 7.90. The van der Waals surface area contributed by atoms with Crippen LogP contribution >= 0.6 is 0 Å². The molecule has 1 heterocycles. The van der Waals surface area contributed by atoms with Gasteiger partial charge in [-0.05, 0) is 36.2 Å². The van der Waals surface area contributed by atoms with Crippen LogP contribution in [0.15, 0.2) is 53.4 Å². The second-order valence-electron chi connectivity index (χ2n) is 6.51. The number of carbonyl (C=O) groups is 2. The number of nitrogens with zero attached hydrogens (tertiary/aromatic N) is 2. The van der Waals surface area contributed by atoms with E-state index in [-0.39, 0.29) is 11.4 Å². The van der Waals surface area contributed by atoms with Crippen molar-refractivity contribution in [3.8, 4) is 6.07 Å². The first kappa shape index (κ1) is 18.6. The lowest BCUT2D eigenvalue weighted by molar-refractivity contribution is -0.131. The summed E-state index contributed by atoms with van der Waals surface area (Å²) >= 11 is 0. The number of sulfone groups is 1. The molecule has 0 spiro atoms. The minimum absolute atomic E-state index is 0.0224. The fourth-order valence-electron chi connectivity index (χ4n) is 3.01. The number of rotatable bonds is 4. The fourth-order valence-corrected chi connectivity index (χ4v) is 3.64. The molecule has 7 nitrogen and oxygen atoms in total. The van der Waals surface area contributed by atoms with Crippen molar-refractivity contribution in [1.82, 2.24) is 10.2 Å². The van der Waals surface area contributed by atoms with Crippen LogP contribution in [0.5, 0.6) is 0 Å². The number of urea groups is 1. The van der Waals surface area contributed by atoms with Crippen LogP contribution in [0, 0.1) is 11.3 Å². The largest absolute Gasteiger partial charge is 0.325 e. The average Bonchev–Trinajstić information content (AvgIpc) is 2.86. The van der Waals surface area contributed by atoms with Crippen LogP contribution in [0.25, 0.3) is 0 Å². The molecule has 1 aliphatic heterocycles. The summed E-state index contributed by atoms with van der Waals surface area (Å²) in [4.78, 5) is 26.6. The predicted molar refractivity (Wildman–Crippen MR) is 97.1 cm³/mol. The van der Waals surface area contributed by atoms with Crippen LogP contribution in [0.1, 0.15) is 23.6 Å². The van der Waals surface area contributed by atoms with Gasteiger partial charge in [0.1, 0.15) is 5.54 Å². The lowest BCUT2D eigenvalue weighted by atomic mass is 9.92. The van der Waals surface area contributed by atoms with Gasteiger partial charge in [-0.15, -0.1) is 0 Å². The van der Waals surface area contributed by atoms with E-state index >= 15 is 0 Å². The molecule has 0 saturated carbocycles. The van der Waals surface area contributed by atoms with Crippen molar-refractivity contribution >= 4 is 21.8 Å². The summed E-state index contributed by atoms with van der Waals surface area (Å²) in [5, 5.41) is 11.9. The number of imide groups is 1. The summed E-state index contributed by atoms with van der Waals surface area (Å²) in [6, 6.07) is 14.1. The molecule has 8 heteroatoms. The molecule has 27 heavy (non-hydrogen) atoms. The molecule has 1 N–H and O–H groups in total. The Balaban J connectivity index is 1.92. The SMILES string of the molecule is CC1(c2ccc(S(C)(=O)=O)cc2)NC(=O)N(Cc2ccccc2C#N)C1=O. The molecule has 0 aliphatic carbocycles. The van der Waals surface area contributed by atoms with Gasteiger partial charge >= 0.3 is 6.03 Å². The number of carbonyl (C=O) groups excluding carboxylic acids is 2. The second kappa shape index (κ2) is 6.52. The van der Waals surface area contributed by atoms with Gasteiger partial charge in [0.15, 0.2) is 9.84 Å². The fraction of sp³-hybridized carbons (Fsp3) is 0.211. The van der Waals surface area contributed by atoms with E-state index in [1.807, 2.05) is 6.07 Å². The van der Waals surface area contributed by atoms with E-state index in [0.717, 1.165) is 11.2 Å². The van der Waals surface area contributed by atoms with E-state index in [1.54, 1.807) is 31.2 Å². The molecule has 1 saturated heterocycles. The molecule has 1 atom stereocenters. The van der Waals surface area contributed by atoms with Gasteiger partial charge in [-0.25, -0.2) is 13.2 Å².